The molecule has 5 nitrogen and oxygen atoms in total. The Morgan fingerprint density at radius 1 is 1.03 bits per heavy atom. The van der Waals surface area contributed by atoms with E-state index in [0.29, 0.717) is 35.3 Å². The summed E-state index contributed by atoms with van der Waals surface area (Å²) < 4.78 is 0. The summed E-state index contributed by atoms with van der Waals surface area (Å²) in [5.41, 5.74) is 2.05. The molecule has 11 atom stereocenters. The van der Waals surface area contributed by atoms with Gasteiger partial charge < -0.3 is 20.5 Å². The number of aliphatic hydroxyl groups excluding tert-OH is 2. The monoisotopic (exact) mass is 513 g/mol. The molecule has 4 fully saturated rings. The van der Waals surface area contributed by atoms with Gasteiger partial charge in [-0.05, 0) is 110 Å². The second-order valence-electron chi connectivity index (χ2n) is 14.5. The van der Waals surface area contributed by atoms with Crippen LogP contribution in [0.1, 0.15) is 104 Å². The standard InChI is InChI=1S/C32H55N3O2/c1-21(19-36)6-5-7-22(2)26-8-9-27-25-17-30(34-15-12-23-18-33-20-35-23)29-16-24(37)10-13-32(29,4)28(25)11-14-31(26,27)3/h18,20-22,24-30,34,36-37H,5-17,19H2,1-4H3,(H,33,35)/t21?,22-,24?,25+,26-,27+,28+,29?,30?,31-,32-/m1/s1. The zero-order chi connectivity index (χ0) is 26.2. The molecule has 4 aliphatic carbocycles. The fraction of sp³-hybridized carbons (Fsp3) is 0.906. The summed E-state index contributed by atoms with van der Waals surface area (Å²) in [7, 11) is 0. The lowest BCUT2D eigenvalue weighted by atomic mass is 9.43. The topological polar surface area (TPSA) is 81.2 Å². The third-order valence-corrected chi connectivity index (χ3v) is 12.5. The molecule has 0 aromatic carbocycles. The Hall–Kier alpha value is -0.910. The van der Waals surface area contributed by atoms with E-state index in [4.69, 9.17) is 0 Å². The quantitative estimate of drug-likeness (QED) is 0.310. The van der Waals surface area contributed by atoms with Crippen LogP contribution in [-0.4, -0.2) is 45.5 Å². The van der Waals surface area contributed by atoms with Gasteiger partial charge in [0.05, 0.1) is 12.4 Å². The average Bonchev–Trinajstić information content (AvgIpc) is 3.52. The van der Waals surface area contributed by atoms with Crippen LogP contribution in [0.3, 0.4) is 0 Å². The van der Waals surface area contributed by atoms with Crippen LogP contribution in [0, 0.1) is 52.3 Å². The molecular weight excluding hydrogens is 458 g/mol. The highest BCUT2D eigenvalue weighted by atomic mass is 16.3. The first-order valence-corrected chi connectivity index (χ1v) is 15.8. The maximum atomic E-state index is 10.7. The van der Waals surface area contributed by atoms with Gasteiger partial charge in [0.2, 0.25) is 0 Å². The molecule has 1 heterocycles. The average molecular weight is 514 g/mol. The van der Waals surface area contributed by atoms with Crippen molar-refractivity contribution >= 4 is 0 Å². The van der Waals surface area contributed by atoms with Crippen LogP contribution in [0.25, 0.3) is 0 Å². The first kappa shape index (κ1) is 27.6. The molecule has 4 saturated carbocycles. The van der Waals surface area contributed by atoms with Gasteiger partial charge in [0, 0.05) is 37.5 Å². The molecule has 0 saturated heterocycles. The normalized spacial score (nSPS) is 43.0. The summed E-state index contributed by atoms with van der Waals surface area (Å²) in [5.74, 6) is 5.19. The first-order valence-electron chi connectivity index (χ1n) is 15.8. The van der Waals surface area contributed by atoms with Crippen molar-refractivity contribution in [1.82, 2.24) is 15.3 Å². The van der Waals surface area contributed by atoms with Crippen LogP contribution in [0.15, 0.2) is 12.5 Å². The molecule has 5 rings (SSSR count). The molecule has 5 heteroatoms. The van der Waals surface area contributed by atoms with Crippen LogP contribution < -0.4 is 5.32 Å². The van der Waals surface area contributed by atoms with Crippen molar-refractivity contribution in [3.05, 3.63) is 18.2 Å². The SMILES string of the molecule is CC(CO)CCC[C@@H](C)[C@H]1CC[C@H]2[C@@H]3CC(NCCc4cnc[nH]4)C4CC(O)CC[C@]4(C)[C@H]3CC[C@]12C. The van der Waals surface area contributed by atoms with Crippen LogP contribution in [0.2, 0.25) is 0 Å². The van der Waals surface area contributed by atoms with Crippen molar-refractivity contribution in [1.29, 1.82) is 0 Å². The van der Waals surface area contributed by atoms with E-state index in [-0.39, 0.29) is 6.10 Å². The van der Waals surface area contributed by atoms with Crippen molar-refractivity contribution in [2.45, 2.75) is 117 Å². The van der Waals surface area contributed by atoms with E-state index in [2.05, 4.69) is 43.0 Å². The zero-order valence-electron chi connectivity index (χ0n) is 24.1. The Labute approximate surface area is 226 Å². The maximum absolute atomic E-state index is 10.7. The van der Waals surface area contributed by atoms with Crippen LogP contribution in [-0.2, 0) is 6.42 Å². The van der Waals surface area contributed by atoms with E-state index in [1.165, 1.54) is 57.1 Å². The van der Waals surface area contributed by atoms with E-state index >= 15 is 0 Å². The molecule has 37 heavy (non-hydrogen) atoms. The molecule has 1 aromatic rings. The number of nitrogens with zero attached hydrogens (tertiary/aromatic N) is 1. The van der Waals surface area contributed by atoms with Gasteiger partial charge in [-0.25, -0.2) is 4.98 Å². The predicted octanol–water partition coefficient (Wildman–Crippen LogP) is 5.97. The fourth-order valence-corrected chi connectivity index (χ4v) is 10.4. The summed E-state index contributed by atoms with van der Waals surface area (Å²) >= 11 is 0. The molecule has 0 aliphatic heterocycles. The minimum atomic E-state index is -0.120. The molecule has 4 unspecified atom stereocenters. The Kier molecular flexibility index (Phi) is 8.44. The molecule has 0 radical (unpaired) electrons. The Balaban J connectivity index is 1.30. The van der Waals surface area contributed by atoms with E-state index in [1.54, 1.807) is 6.33 Å². The van der Waals surface area contributed by atoms with E-state index < -0.39 is 0 Å². The fourth-order valence-electron chi connectivity index (χ4n) is 10.4. The Bertz CT molecular complexity index is 860. The number of rotatable bonds is 10. The number of aromatic nitrogens is 2. The van der Waals surface area contributed by atoms with Gasteiger partial charge in [0.15, 0.2) is 0 Å². The van der Waals surface area contributed by atoms with Crippen LogP contribution in [0.4, 0.5) is 0 Å². The third kappa shape index (κ3) is 5.31. The zero-order valence-corrected chi connectivity index (χ0v) is 24.1. The number of hydrogen-bond donors (Lipinski definition) is 4. The van der Waals surface area contributed by atoms with Crippen molar-refractivity contribution in [3.8, 4) is 0 Å². The van der Waals surface area contributed by atoms with Crippen LogP contribution in [0.5, 0.6) is 0 Å². The van der Waals surface area contributed by atoms with Crippen LogP contribution >= 0.6 is 0 Å². The molecule has 4 aliphatic rings. The largest absolute Gasteiger partial charge is 0.396 e. The lowest BCUT2D eigenvalue weighted by Gasteiger charge is -2.63. The number of hydrogen-bond acceptors (Lipinski definition) is 4. The Morgan fingerprint density at radius 2 is 1.81 bits per heavy atom. The second-order valence-corrected chi connectivity index (χ2v) is 14.5. The summed E-state index contributed by atoms with van der Waals surface area (Å²) in [4.78, 5) is 7.46. The number of aromatic amines is 1. The van der Waals surface area contributed by atoms with E-state index in [1.807, 2.05) is 6.20 Å². The minimum Gasteiger partial charge on any atom is -0.396 e. The van der Waals surface area contributed by atoms with E-state index in [0.717, 1.165) is 61.8 Å². The lowest BCUT2D eigenvalue weighted by molar-refractivity contribution is -0.141. The molecule has 0 bridgehead atoms. The molecule has 1 aromatic heterocycles. The lowest BCUT2D eigenvalue weighted by Crippen LogP contribution is -2.61. The van der Waals surface area contributed by atoms with Gasteiger partial charge >= 0.3 is 0 Å². The van der Waals surface area contributed by atoms with Gasteiger partial charge in [-0.1, -0.05) is 40.5 Å². The number of fused-ring (bicyclic) bond motifs is 5. The van der Waals surface area contributed by atoms with Gasteiger partial charge in [-0.2, -0.15) is 0 Å². The summed E-state index contributed by atoms with van der Waals surface area (Å²) in [6.45, 7) is 11.3. The summed E-state index contributed by atoms with van der Waals surface area (Å²) in [5, 5.41) is 24.2. The van der Waals surface area contributed by atoms with Gasteiger partial charge in [0.1, 0.15) is 0 Å². The molecule has 0 spiro atoms. The van der Waals surface area contributed by atoms with Gasteiger partial charge in [-0.15, -0.1) is 0 Å². The number of H-pyrrole nitrogens is 1. The minimum absolute atomic E-state index is 0.120. The maximum Gasteiger partial charge on any atom is 0.0921 e. The van der Waals surface area contributed by atoms with Crippen molar-refractivity contribution in [2.24, 2.45) is 52.3 Å². The first-order chi connectivity index (χ1) is 17.8. The van der Waals surface area contributed by atoms with Crippen molar-refractivity contribution in [3.63, 3.8) is 0 Å². The molecule has 0 amide bonds. The van der Waals surface area contributed by atoms with Gasteiger partial charge in [-0.3, -0.25) is 0 Å². The predicted molar refractivity (Wildman–Crippen MR) is 150 cm³/mol. The highest BCUT2D eigenvalue weighted by molar-refractivity contribution is 5.12. The highest BCUT2D eigenvalue weighted by Crippen LogP contribution is 2.68. The smallest absolute Gasteiger partial charge is 0.0921 e. The molecule has 210 valence electrons. The van der Waals surface area contributed by atoms with Crippen molar-refractivity contribution < 1.29 is 10.2 Å². The molecular formula is C32H55N3O2. The number of aliphatic hydroxyl groups is 2. The molecule has 4 N–H and O–H groups in total. The summed E-state index contributed by atoms with van der Waals surface area (Å²) in [6, 6.07) is 0.517. The Morgan fingerprint density at radius 3 is 2.57 bits per heavy atom. The second kappa shape index (κ2) is 11.3. The number of imidazole rings is 1. The highest BCUT2D eigenvalue weighted by Gasteiger charge is 2.62. The number of nitrogens with one attached hydrogen (secondary N) is 2. The van der Waals surface area contributed by atoms with Crippen molar-refractivity contribution in [2.75, 3.05) is 13.2 Å². The van der Waals surface area contributed by atoms with Gasteiger partial charge in [0.25, 0.3) is 0 Å². The van der Waals surface area contributed by atoms with E-state index in [9.17, 15) is 10.2 Å². The summed E-state index contributed by atoms with van der Waals surface area (Å²) in [6.07, 6.45) is 18.5. The third-order valence-electron chi connectivity index (χ3n) is 12.5.